The molecule has 1 atom stereocenters. The van der Waals surface area contributed by atoms with Crippen molar-refractivity contribution in [3.05, 3.63) is 0 Å². The number of rotatable bonds is 8. The second kappa shape index (κ2) is 8.52. The Labute approximate surface area is 83.5 Å². The molecule has 2 nitrogen and oxygen atoms in total. The van der Waals surface area contributed by atoms with Crippen molar-refractivity contribution in [3.8, 4) is 0 Å². The van der Waals surface area contributed by atoms with Gasteiger partial charge in [0, 0.05) is 19.6 Å². The molecule has 0 aliphatic heterocycles. The Kier molecular flexibility index (Phi) is 8.46. The fourth-order valence-corrected chi connectivity index (χ4v) is 1.82. The van der Waals surface area contributed by atoms with Gasteiger partial charge in [-0.1, -0.05) is 27.2 Å². The molecule has 0 bridgehead atoms. The van der Waals surface area contributed by atoms with Crippen LogP contribution in [-0.4, -0.2) is 31.1 Å². The van der Waals surface area contributed by atoms with Crippen molar-refractivity contribution in [3.63, 3.8) is 0 Å². The normalized spacial score (nSPS) is 13.6. The van der Waals surface area contributed by atoms with Crippen LogP contribution in [0, 0.1) is 5.92 Å². The number of hydrogen-bond acceptors (Lipinski definition) is 2. The van der Waals surface area contributed by atoms with Gasteiger partial charge < -0.3 is 10.6 Å². The lowest BCUT2D eigenvalue weighted by Crippen LogP contribution is -2.33. The van der Waals surface area contributed by atoms with Gasteiger partial charge in [-0.2, -0.15) is 0 Å². The van der Waals surface area contributed by atoms with Gasteiger partial charge in [-0.05, 0) is 25.3 Å². The average molecular weight is 186 g/mol. The maximum atomic E-state index is 5.57. The van der Waals surface area contributed by atoms with Crippen LogP contribution in [-0.2, 0) is 0 Å². The summed E-state index contributed by atoms with van der Waals surface area (Å²) in [5.41, 5.74) is 5.57. The molecule has 0 aromatic carbocycles. The van der Waals surface area contributed by atoms with E-state index >= 15 is 0 Å². The maximum absolute atomic E-state index is 5.57. The van der Waals surface area contributed by atoms with E-state index in [0.29, 0.717) is 0 Å². The average Bonchev–Trinajstić information content (AvgIpc) is 2.05. The minimum atomic E-state index is 0.791. The standard InChI is InChI=1S/C11H26N2/c1-4-6-11(3)10-13(8-5-2)9-7-12/h11H,4-10,12H2,1-3H3. The molecule has 0 spiro atoms. The van der Waals surface area contributed by atoms with E-state index in [2.05, 4.69) is 25.7 Å². The van der Waals surface area contributed by atoms with Gasteiger partial charge >= 0.3 is 0 Å². The van der Waals surface area contributed by atoms with Gasteiger partial charge in [0.05, 0.1) is 0 Å². The second-order valence-corrected chi connectivity index (χ2v) is 3.98. The minimum absolute atomic E-state index is 0.791. The van der Waals surface area contributed by atoms with Gasteiger partial charge in [-0.3, -0.25) is 0 Å². The van der Waals surface area contributed by atoms with E-state index in [1.165, 1.54) is 32.4 Å². The first-order valence-electron chi connectivity index (χ1n) is 5.66. The van der Waals surface area contributed by atoms with E-state index in [1.807, 2.05) is 0 Å². The molecule has 0 amide bonds. The largest absolute Gasteiger partial charge is 0.329 e. The molecule has 0 heterocycles. The molecule has 1 unspecified atom stereocenters. The van der Waals surface area contributed by atoms with Crippen molar-refractivity contribution in [2.75, 3.05) is 26.2 Å². The third kappa shape index (κ3) is 7.03. The Balaban J connectivity index is 3.64. The summed E-state index contributed by atoms with van der Waals surface area (Å²) in [5.74, 6) is 0.822. The van der Waals surface area contributed by atoms with Gasteiger partial charge in [0.25, 0.3) is 0 Å². The quantitative estimate of drug-likeness (QED) is 0.629. The van der Waals surface area contributed by atoms with Crippen molar-refractivity contribution >= 4 is 0 Å². The van der Waals surface area contributed by atoms with Crippen LogP contribution in [0.15, 0.2) is 0 Å². The highest BCUT2D eigenvalue weighted by Gasteiger charge is 2.07. The Hall–Kier alpha value is -0.0800. The summed E-state index contributed by atoms with van der Waals surface area (Å²) in [6.45, 7) is 11.1. The van der Waals surface area contributed by atoms with Gasteiger partial charge in [-0.25, -0.2) is 0 Å². The molecule has 0 aromatic heterocycles. The Morgan fingerprint density at radius 1 is 1.15 bits per heavy atom. The van der Waals surface area contributed by atoms with Crippen LogP contribution in [0.2, 0.25) is 0 Å². The Bertz CT molecular complexity index is 98.3. The van der Waals surface area contributed by atoms with E-state index in [0.717, 1.165) is 19.0 Å². The van der Waals surface area contributed by atoms with Gasteiger partial charge in [0.1, 0.15) is 0 Å². The monoisotopic (exact) mass is 186 g/mol. The predicted octanol–water partition coefficient (Wildman–Crippen LogP) is 2.09. The third-order valence-electron chi connectivity index (χ3n) is 2.34. The molecule has 0 fully saturated rings. The van der Waals surface area contributed by atoms with Crippen LogP contribution in [0.1, 0.15) is 40.0 Å². The fraction of sp³-hybridized carbons (Fsp3) is 1.00. The van der Waals surface area contributed by atoms with E-state index in [1.54, 1.807) is 0 Å². The van der Waals surface area contributed by atoms with E-state index in [4.69, 9.17) is 5.73 Å². The highest BCUT2D eigenvalue weighted by atomic mass is 15.1. The smallest absolute Gasteiger partial charge is 0.0105 e. The molecule has 0 saturated carbocycles. The lowest BCUT2D eigenvalue weighted by Gasteiger charge is -2.24. The van der Waals surface area contributed by atoms with Gasteiger partial charge in [0.2, 0.25) is 0 Å². The molecular formula is C11H26N2. The third-order valence-corrected chi connectivity index (χ3v) is 2.34. The van der Waals surface area contributed by atoms with E-state index < -0.39 is 0 Å². The molecule has 0 aliphatic rings. The first-order chi connectivity index (χ1) is 6.24. The molecule has 0 aliphatic carbocycles. The van der Waals surface area contributed by atoms with Crippen LogP contribution >= 0.6 is 0 Å². The zero-order chi connectivity index (χ0) is 10.1. The number of nitrogens with two attached hydrogens (primary N) is 1. The molecule has 0 aromatic rings. The van der Waals surface area contributed by atoms with Crippen molar-refractivity contribution in [2.45, 2.75) is 40.0 Å². The minimum Gasteiger partial charge on any atom is -0.329 e. The first-order valence-corrected chi connectivity index (χ1v) is 5.66. The molecule has 13 heavy (non-hydrogen) atoms. The summed E-state index contributed by atoms with van der Waals surface area (Å²) in [6.07, 6.45) is 3.87. The SMILES string of the molecule is CCCC(C)CN(CCC)CCN. The Morgan fingerprint density at radius 2 is 1.85 bits per heavy atom. The van der Waals surface area contributed by atoms with Crippen molar-refractivity contribution in [2.24, 2.45) is 11.7 Å². The van der Waals surface area contributed by atoms with Crippen LogP contribution in [0.3, 0.4) is 0 Å². The number of nitrogens with zero attached hydrogens (tertiary/aromatic N) is 1. The summed E-state index contributed by atoms with van der Waals surface area (Å²) >= 11 is 0. The van der Waals surface area contributed by atoms with Crippen LogP contribution in [0.4, 0.5) is 0 Å². The first kappa shape index (κ1) is 12.9. The molecule has 2 heteroatoms. The summed E-state index contributed by atoms with van der Waals surface area (Å²) in [4.78, 5) is 2.49. The maximum Gasteiger partial charge on any atom is 0.0105 e. The van der Waals surface area contributed by atoms with Crippen LogP contribution in [0.5, 0.6) is 0 Å². The molecule has 80 valence electrons. The summed E-state index contributed by atoms with van der Waals surface area (Å²) in [6, 6.07) is 0. The highest BCUT2D eigenvalue weighted by molar-refractivity contribution is 4.62. The van der Waals surface area contributed by atoms with Crippen molar-refractivity contribution < 1.29 is 0 Å². The zero-order valence-corrected chi connectivity index (χ0v) is 9.55. The topological polar surface area (TPSA) is 29.3 Å². The summed E-state index contributed by atoms with van der Waals surface area (Å²) in [7, 11) is 0. The van der Waals surface area contributed by atoms with Gasteiger partial charge in [-0.15, -0.1) is 0 Å². The summed E-state index contributed by atoms with van der Waals surface area (Å²) in [5, 5.41) is 0. The zero-order valence-electron chi connectivity index (χ0n) is 9.55. The lowest BCUT2D eigenvalue weighted by molar-refractivity contribution is 0.237. The second-order valence-electron chi connectivity index (χ2n) is 3.98. The van der Waals surface area contributed by atoms with E-state index in [-0.39, 0.29) is 0 Å². The molecule has 2 N–H and O–H groups in total. The summed E-state index contributed by atoms with van der Waals surface area (Å²) < 4.78 is 0. The van der Waals surface area contributed by atoms with E-state index in [9.17, 15) is 0 Å². The molecule has 0 saturated heterocycles. The number of hydrogen-bond donors (Lipinski definition) is 1. The van der Waals surface area contributed by atoms with Gasteiger partial charge in [0.15, 0.2) is 0 Å². The van der Waals surface area contributed by atoms with Crippen molar-refractivity contribution in [1.82, 2.24) is 4.90 Å². The Morgan fingerprint density at radius 3 is 2.31 bits per heavy atom. The molecule has 0 rings (SSSR count). The molecule has 0 radical (unpaired) electrons. The van der Waals surface area contributed by atoms with Crippen LogP contribution < -0.4 is 5.73 Å². The van der Waals surface area contributed by atoms with Crippen LogP contribution in [0.25, 0.3) is 0 Å². The predicted molar refractivity (Wildman–Crippen MR) is 59.9 cm³/mol. The fourth-order valence-electron chi connectivity index (χ4n) is 1.82. The highest BCUT2D eigenvalue weighted by Crippen LogP contribution is 2.07. The van der Waals surface area contributed by atoms with Crippen molar-refractivity contribution in [1.29, 1.82) is 0 Å². The lowest BCUT2D eigenvalue weighted by atomic mass is 10.1. The molecular weight excluding hydrogens is 160 g/mol.